The molecule has 8 nitrogen and oxygen atoms in total. The number of benzene rings is 4. The Balaban J connectivity index is 0.00000650. The van der Waals surface area contributed by atoms with Crippen molar-refractivity contribution in [3.05, 3.63) is 124 Å². The first-order valence-corrected chi connectivity index (χ1v) is 18.7. The molecule has 1 heterocycles. The van der Waals surface area contributed by atoms with E-state index in [1.807, 2.05) is 51.1 Å². The minimum atomic E-state index is -1.16. The highest BCUT2D eigenvalue weighted by Crippen LogP contribution is 2.45. The van der Waals surface area contributed by atoms with Crippen LogP contribution in [0.1, 0.15) is 74.8 Å². The molecule has 11 heteroatoms. The second-order valence-electron chi connectivity index (χ2n) is 14.5. The summed E-state index contributed by atoms with van der Waals surface area (Å²) in [4.78, 5) is 29.4. The molecule has 0 radical (unpaired) electrons. The molecular formula is C43H52Cl2FN3O5. The van der Waals surface area contributed by atoms with Gasteiger partial charge in [-0.15, -0.1) is 12.4 Å². The van der Waals surface area contributed by atoms with Crippen LogP contribution in [-0.2, 0) is 27.3 Å². The number of nitrogens with one attached hydrogen (secondary N) is 2. The lowest BCUT2D eigenvalue weighted by molar-refractivity contribution is -0.138. The second-order valence-corrected chi connectivity index (χ2v) is 15.0. The molecule has 0 bridgehead atoms. The number of hydrogen-bond donors (Lipinski definition) is 2. The molecule has 0 saturated heterocycles. The van der Waals surface area contributed by atoms with E-state index in [0.717, 1.165) is 38.8 Å². The normalized spacial score (nSPS) is 15.5. The summed E-state index contributed by atoms with van der Waals surface area (Å²) in [7, 11) is 1.57. The number of carbonyl (C=O) groups excluding carboxylic acids is 2. The van der Waals surface area contributed by atoms with E-state index in [1.54, 1.807) is 42.3 Å². The molecule has 1 aliphatic heterocycles. The van der Waals surface area contributed by atoms with Crippen molar-refractivity contribution in [3.63, 3.8) is 0 Å². The van der Waals surface area contributed by atoms with E-state index >= 15 is 0 Å². The van der Waals surface area contributed by atoms with Crippen LogP contribution in [0.2, 0.25) is 5.02 Å². The maximum absolute atomic E-state index is 14.3. The van der Waals surface area contributed by atoms with Gasteiger partial charge in [-0.3, -0.25) is 9.59 Å². The second kappa shape index (κ2) is 20.5. The molecule has 0 fully saturated rings. The molecule has 290 valence electrons. The summed E-state index contributed by atoms with van der Waals surface area (Å²) < 4.78 is 33.2. The maximum Gasteiger partial charge on any atom is 0.256 e. The summed E-state index contributed by atoms with van der Waals surface area (Å²) in [5.74, 6) is -0.207. The van der Waals surface area contributed by atoms with Crippen LogP contribution in [0.15, 0.2) is 91.0 Å². The minimum Gasteiger partial charge on any atom is -0.492 e. The Kier molecular flexibility index (Phi) is 16.2. The maximum atomic E-state index is 14.3. The van der Waals surface area contributed by atoms with Gasteiger partial charge >= 0.3 is 0 Å². The van der Waals surface area contributed by atoms with Gasteiger partial charge in [0.2, 0.25) is 5.91 Å². The molecule has 4 aromatic rings. The fraction of sp³-hybridized carbons (Fsp3) is 0.395. The molecule has 2 N–H and O–H groups in total. The first-order chi connectivity index (χ1) is 25.5. The summed E-state index contributed by atoms with van der Waals surface area (Å²) in [5, 5.41) is 6.74. The molecule has 0 spiro atoms. The number of carbonyl (C=O) groups is 2. The van der Waals surface area contributed by atoms with Gasteiger partial charge in [-0.25, -0.2) is 4.39 Å². The molecule has 2 atom stereocenters. The van der Waals surface area contributed by atoms with Gasteiger partial charge in [0.25, 0.3) is 5.91 Å². The van der Waals surface area contributed by atoms with Crippen LogP contribution in [0.5, 0.6) is 11.5 Å². The third-order valence-corrected chi connectivity index (χ3v) is 9.24. The zero-order valence-corrected chi connectivity index (χ0v) is 33.1. The monoisotopic (exact) mass is 779 g/mol. The quantitative estimate of drug-likeness (QED) is 0.104. The number of rotatable bonds is 17. The van der Waals surface area contributed by atoms with Crippen molar-refractivity contribution in [2.75, 3.05) is 38.3 Å². The van der Waals surface area contributed by atoms with Crippen molar-refractivity contribution in [1.29, 1.82) is 0 Å². The third kappa shape index (κ3) is 11.9. The van der Waals surface area contributed by atoms with Gasteiger partial charge in [0, 0.05) is 40.5 Å². The molecule has 0 aromatic heterocycles. The van der Waals surface area contributed by atoms with Crippen LogP contribution < -0.4 is 25.0 Å². The standard InChI is InChI=1S/C43H51ClFN3O5.ClH/c1-43(2,3)29-48-36-22-21-32(44)26-34(36)40(53-38(42(48)50)27-39(49)47-28-31-17-8-9-19-35(31)45)33-18-12-20-37(41(33)51-4)52-25-13-24-46-23-11-10-16-30-14-6-5-7-15-30;/h5-9,12,14-15,17-22,26,38,40,46H,10-11,13,16,23-25,27-29H2,1-4H3,(H,47,49);1H. The van der Waals surface area contributed by atoms with E-state index in [9.17, 15) is 14.0 Å². The number of fused-ring (bicyclic) bond motifs is 1. The van der Waals surface area contributed by atoms with Crippen molar-refractivity contribution in [2.45, 2.75) is 71.6 Å². The number of aryl methyl sites for hydroxylation is 1. The van der Waals surface area contributed by atoms with E-state index in [4.69, 9.17) is 25.8 Å². The van der Waals surface area contributed by atoms with E-state index in [2.05, 4.69) is 34.9 Å². The topological polar surface area (TPSA) is 89.1 Å². The Morgan fingerprint density at radius 1 is 0.926 bits per heavy atom. The SMILES string of the molecule is COc1c(OCCCNCCCCc2ccccc2)cccc1C1OC(CC(=O)NCc2ccccc2F)C(=O)N(CC(C)(C)C)c2ccc(Cl)cc21.Cl. The first-order valence-electron chi connectivity index (χ1n) is 18.3. The van der Waals surface area contributed by atoms with Gasteiger partial charge in [0.05, 0.1) is 20.1 Å². The van der Waals surface area contributed by atoms with Crippen molar-refractivity contribution < 1.29 is 28.2 Å². The molecule has 5 rings (SSSR count). The summed E-state index contributed by atoms with van der Waals surface area (Å²) >= 11 is 6.59. The number of para-hydroxylation sites is 1. The number of methoxy groups -OCH3 is 1. The van der Waals surface area contributed by atoms with Crippen LogP contribution >= 0.6 is 24.0 Å². The molecule has 1 aliphatic rings. The van der Waals surface area contributed by atoms with Crippen LogP contribution in [0.3, 0.4) is 0 Å². The largest absolute Gasteiger partial charge is 0.492 e. The van der Waals surface area contributed by atoms with E-state index < -0.39 is 23.9 Å². The lowest BCUT2D eigenvalue weighted by atomic mass is 9.94. The molecule has 0 aliphatic carbocycles. The number of nitrogens with zero attached hydrogens (tertiary/aromatic N) is 1. The Bertz CT molecular complexity index is 1820. The van der Waals surface area contributed by atoms with Gasteiger partial charge < -0.3 is 29.7 Å². The van der Waals surface area contributed by atoms with Crippen LogP contribution in [0.25, 0.3) is 0 Å². The Hall–Kier alpha value is -4.15. The first kappa shape index (κ1) is 42.6. The highest BCUT2D eigenvalue weighted by Gasteiger charge is 2.40. The zero-order chi connectivity index (χ0) is 37.8. The smallest absolute Gasteiger partial charge is 0.256 e. The van der Waals surface area contributed by atoms with Crippen molar-refractivity contribution in [2.24, 2.45) is 5.41 Å². The molecule has 2 amide bonds. The van der Waals surface area contributed by atoms with Crippen molar-refractivity contribution >= 4 is 41.5 Å². The van der Waals surface area contributed by atoms with Crippen LogP contribution in [0, 0.1) is 11.2 Å². The van der Waals surface area contributed by atoms with Gasteiger partial charge in [-0.1, -0.05) is 93.0 Å². The van der Waals surface area contributed by atoms with E-state index in [-0.39, 0.29) is 36.7 Å². The predicted octanol–water partition coefficient (Wildman–Crippen LogP) is 8.86. The van der Waals surface area contributed by atoms with Crippen molar-refractivity contribution in [3.8, 4) is 11.5 Å². The summed E-state index contributed by atoms with van der Waals surface area (Å²) in [5.41, 5.74) is 3.36. The number of unbranched alkanes of at least 4 members (excludes halogenated alkanes) is 1. The molecule has 4 aromatic carbocycles. The fourth-order valence-electron chi connectivity index (χ4n) is 6.46. The van der Waals surface area contributed by atoms with E-state index in [0.29, 0.717) is 52.1 Å². The number of ether oxygens (including phenoxy) is 3. The van der Waals surface area contributed by atoms with Gasteiger partial charge in [0.15, 0.2) is 11.5 Å². The highest BCUT2D eigenvalue weighted by molar-refractivity contribution is 6.30. The summed E-state index contributed by atoms with van der Waals surface area (Å²) in [6, 6.07) is 27.7. The highest BCUT2D eigenvalue weighted by atomic mass is 35.5. The minimum absolute atomic E-state index is 0. The number of halogens is 3. The number of anilines is 1. The van der Waals surface area contributed by atoms with E-state index in [1.165, 1.54) is 11.6 Å². The molecule has 0 saturated carbocycles. The number of amides is 2. The fourth-order valence-corrected chi connectivity index (χ4v) is 6.64. The lowest BCUT2D eigenvalue weighted by Crippen LogP contribution is -2.45. The Morgan fingerprint density at radius 3 is 2.41 bits per heavy atom. The third-order valence-electron chi connectivity index (χ3n) is 9.00. The lowest BCUT2D eigenvalue weighted by Gasteiger charge is -2.31. The molecule has 54 heavy (non-hydrogen) atoms. The number of hydrogen-bond acceptors (Lipinski definition) is 6. The molecular weight excluding hydrogens is 728 g/mol. The predicted molar refractivity (Wildman–Crippen MR) is 215 cm³/mol. The van der Waals surface area contributed by atoms with Crippen molar-refractivity contribution in [1.82, 2.24) is 10.6 Å². The average Bonchev–Trinajstić information content (AvgIpc) is 3.23. The van der Waals surface area contributed by atoms with Gasteiger partial charge in [0.1, 0.15) is 18.0 Å². The van der Waals surface area contributed by atoms with Gasteiger partial charge in [-0.2, -0.15) is 0 Å². The van der Waals surface area contributed by atoms with Crippen LogP contribution in [-0.4, -0.2) is 51.3 Å². The molecule has 2 unspecified atom stereocenters. The zero-order valence-electron chi connectivity index (χ0n) is 31.5. The van der Waals surface area contributed by atoms with Gasteiger partial charge in [-0.05, 0) is 80.1 Å². The summed E-state index contributed by atoms with van der Waals surface area (Å²) in [6.45, 7) is 8.70. The average molecular weight is 781 g/mol. The Morgan fingerprint density at radius 2 is 1.67 bits per heavy atom. The summed E-state index contributed by atoms with van der Waals surface area (Å²) in [6.07, 6.45) is 1.83. The van der Waals surface area contributed by atoms with Crippen LogP contribution in [0.4, 0.5) is 10.1 Å². The Labute approximate surface area is 330 Å².